The molecule has 0 saturated carbocycles. The monoisotopic (exact) mass is 683 g/mol. The second kappa shape index (κ2) is 14.2. The second-order valence-corrected chi connectivity index (χ2v) is 13.9. The van der Waals surface area contributed by atoms with E-state index in [9.17, 15) is 14.4 Å². The van der Waals surface area contributed by atoms with Gasteiger partial charge in [-0.05, 0) is 104 Å². The molecule has 3 aliphatic heterocycles. The number of aromatic nitrogens is 1. The van der Waals surface area contributed by atoms with Gasteiger partial charge >= 0.3 is 0 Å². The number of piperidine rings is 3. The number of hydrogen-bond donors (Lipinski definition) is 2. The molecule has 1 unspecified atom stereocenters. The van der Waals surface area contributed by atoms with Crippen molar-refractivity contribution < 1.29 is 23.1 Å². The number of halogens is 2. The fourth-order valence-electron chi connectivity index (χ4n) is 8.05. The lowest BCUT2D eigenvalue weighted by atomic mass is 9.78. The highest BCUT2D eigenvalue weighted by molar-refractivity contribution is 6.01. The molecule has 3 saturated heterocycles. The van der Waals surface area contributed by atoms with Crippen LogP contribution >= 0.6 is 0 Å². The molecule has 4 aromatic rings. The summed E-state index contributed by atoms with van der Waals surface area (Å²) in [6, 6.07) is 15.3. The Morgan fingerprint density at radius 2 is 1.56 bits per heavy atom. The molecule has 9 nitrogen and oxygen atoms in total. The van der Waals surface area contributed by atoms with Crippen molar-refractivity contribution in [2.45, 2.75) is 51.1 Å². The number of nitrogens with one attached hydrogen (secondary N) is 2. The molecule has 1 atom stereocenters. The number of anilines is 2. The number of carbonyl (C=O) groups is 2. The van der Waals surface area contributed by atoms with Gasteiger partial charge in [-0.2, -0.15) is 0 Å². The number of amides is 2. The van der Waals surface area contributed by atoms with Crippen LogP contribution < -0.4 is 25.8 Å². The number of carbonyl (C=O) groups excluding carboxylic acids is 2. The maximum atomic E-state index is 15.8. The van der Waals surface area contributed by atoms with Crippen LogP contribution in [0, 0.1) is 23.5 Å². The van der Waals surface area contributed by atoms with E-state index >= 15 is 8.78 Å². The molecule has 11 heteroatoms. The van der Waals surface area contributed by atoms with Crippen LogP contribution in [0.3, 0.4) is 0 Å². The third kappa shape index (κ3) is 6.83. The van der Waals surface area contributed by atoms with Gasteiger partial charge in [0.2, 0.25) is 11.8 Å². The lowest BCUT2D eigenvalue weighted by Gasteiger charge is -2.41. The molecule has 3 aliphatic rings. The number of benzene rings is 3. The van der Waals surface area contributed by atoms with Crippen LogP contribution in [-0.2, 0) is 23.2 Å². The summed E-state index contributed by atoms with van der Waals surface area (Å²) in [6.07, 6.45) is 6.45. The Balaban J connectivity index is 0.942. The molecular weight excluding hydrogens is 640 g/mol. The number of likely N-dealkylation sites (tertiary alicyclic amines) is 1. The number of pyridine rings is 1. The fourth-order valence-corrected chi connectivity index (χ4v) is 8.05. The van der Waals surface area contributed by atoms with Crippen molar-refractivity contribution in [1.82, 2.24) is 14.8 Å². The molecule has 2 N–H and O–H groups in total. The Morgan fingerprint density at radius 1 is 0.860 bits per heavy atom. The van der Waals surface area contributed by atoms with Crippen LogP contribution in [0.25, 0.3) is 21.9 Å². The molecule has 2 amide bonds. The third-order valence-electron chi connectivity index (χ3n) is 10.9. The Morgan fingerprint density at radius 3 is 2.24 bits per heavy atom. The van der Waals surface area contributed by atoms with Crippen LogP contribution in [0.15, 0.2) is 65.6 Å². The molecule has 0 spiro atoms. The molecule has 0 bridgehead atoms. The predicted octanol–water partition coefficient (Wildman–Crippen LogP) is 5.84. The van der Waals surface area contributed by atoms with E-state index in [1.54, 1.807) is 44.6 Å². The average molecular weight is 684 g/mol. The van der Waals surface area contributed by atoms with E-state index in [2.05, 4.69) is 20.4 Å². The van der Waals surface area contributed by atoms with Gasteiger partial charge in [0.05, 0.1) is 12.8 Å². The van der Waals surface area contributed by atoms with E-state index in [0.29, 0.717) is 58.4 Å². The number of imide groups is 1. The highest BCUT2D eigenvalue weighted by atomic mass is 19.1. The Kier molecular flexibility index (Phi) is 9.59. The molecule has 3 aromatic carbocycles. The van der Waals surface area contributed by atoms with E-state index in [1.165, 1.54) is 10.6 Å². The van der Waals surface area contributed by atoms with Gasteiger partial charge in [-0.1, -0.05) is 18.2 Å². The van der Waals surface area contributed by atoms with Gasteiger partial charge in [-0.15, -0.1) is 0 Å². The summed E-state index contributed by atoms with van der Waals surface area (Å²) in [5, 5.41) is 6.74. The number of ether oxygens (including phenoxy) is 1. The van der Waals surface area contributed by atoms with Gasteiger partial charge < -0.3 is 19.5 Å². The first-order valence-electron chi connectivity index (χ1n) is 17.5. The Labute approximate surface area is 290 Å². The molecule has 0 aliphatic carbocycles. The molecule has 7 rings (SSSR count). The summed E-state index contributed by atoms with van der Waals surface area (Å²) in [5.74, 6) is 0.326. The van der Waals surface area contributed by atoms with Gasteiger partial charge in [-0.25, -0.2) is 8.78 Å². The summed E-state index contributed by atoms with van der Waals surface area (Å²) >= 11 is 0. The smallest absolute Gasteiger partial charge is 0.258 e. The second-order valence-electron chi connectivity index (χ2n) is 13.9. The van der Waals surface area contributed by atoms with E-state index in [1.807, 2.05) is 24.3 Å². The highest BCUT2D eigenvalue weighted by Crippen LogP contribution is 2.37. The quantitative estimate of drug-likeness (QED) is 0.226. The minimum Gasteiger partial charge on any atom is -0.496 e. The zero-order valence-corrected chi connectivity index (χ0v) is 28.5. The van der Waals surface area contributed by atoms with E-state index in [4.69, 9.17) is 4.74 Å². The topological polar surface area (TPSA) is 95.9 Å². The Hall–Kier alpha value is -4.77. The predicted molar refractivity (Wildman–Crippen MR) is 190 cm³/mol. The Bertz CT molecular complexity index is 1980. The first-order chi connectivity index (χ1) is 24.2. The van der Waals surface area contributed by atoms with Crippen molar-refractivity contribution in [3.63, 3.8) is 0 Å². The van der Waals surface area contributed by atoms with Crippen LogP contribution in [-0.4, -0.2) is 60.6 Å². The summed E-state index contributed by atoms with van der Waals surface area (Å²) in [4.78, 5) is 40.6. The van der Waals surface area contributed by atoms with Gasteiger partial charge in [0.25, 0.3) is 5.56 Å². The van der Waals surface area contributed by atoms with Gasteiger partial charge in [0.15, 0.2) is 0 Å². The largest absolute Gasteiger partial charge is 0.496 e. The maximum absolute atomic E-state index is 15.8. The number of methoxy groups -OCH3 is 1. The minimum atomic E-state index is -0.554. The highest BCUT2D eigenvalue weighted by Gasteiger charge is 2.31. The summed E-state index contributed by atoms with van der Waals surface area (Å²) in [5.41, 5.74) is 2.98. The van der Waals surface area contributed by atoms with Crippen molar-refractivity contribution in [2.75, 3.05) is 43.5 Å². The molecule has 50 heavy (non-hydrogen) atoms. The fraction of sp³-hybridized carbons (Fsp3) is 0.410. The van der Waals surface area contributed by atoms with E-state index in [0.717, 1.165) is 62.8 Å². The van der Waals surface area contributed by atoms with Crippen LogP contribution in [0.4, 0.5) is 20.2 Å². The zero-order valence-electron chi connectivity index (χ0n) is 28.5. The first kappa shape index (κ1) is 33.7. The van der Waals surface area contributed by atoms with Crippen molar-refractivity contribution >= 4 is 34.0 Å². The average Bonchev–Trinajstić information content (AvgIpc) is 3.12. The van der Waals surface area contributed by atoms with Crippen LogP contribution in [0.1, 0.15) is 44.1 Å². The number of hydrogen-bond acceptors (Lipinski definition) is 7. The standard InChI is InChI=1S/C39H43F2N5O4/c1-44-22-30(28-5-3-4-6-29(28)39(44)49)26-19-32(40)31(36(20-26)50-2)23-45-15-11-24(12-16-45)25-13-17-46(18-14-25)35-9-7-27(21-33(35)41)42-34-8-10-37(47)43-38(34)48/h3-7,9,19-22,24-25,34,42H,8,10-18,23H2,1-2H3,(H,43,47,48). The molecule has 262 valence electrons. The SMILES string of the molecule is COc1cc(-c2cn(C)c(=O)c3ccccc23)cc(F)c1CN1CCC(C2CCN(c3ccc(NC4CCC(=O)NC4=O)cc3F)CC2)CC1. The first-order valence-corrected chi connectivity index (χ1v) is 17.5. The molecule has 1 aromatic heterocycles. The lowest BCUT2D eigenvalue weighted by molar-refractivity contribution is -0.133. The van der Waals surface area contributed by atoms with Gasteiger partial charge in [-0.3, -0.25) is 24.6 Å². The summed E-state index contributed by atoms with van der Waals surface area (Å²) < 4.78 is 38.3. The van der Waals surface area contributed by atoms with E-state index < -0.39 is 6.04 Å². The van der Waals surface area contributed by atoms with Crippen LogP contribution in [0.5, 0.6) is 5.75 Å². The number of rotatable bonds is 8. The van der Waals surface area contributed by atoms with Crippen molar-refractivity contribution in [3.8, 4) is 16.9 Å². The van der Waals surface area contributed by atoms with Crippen molar-refractivity contribution in [3.05, 3.63) is 88.3 Å². The van der Waals surface area contributed by atoms with Gasteiger partial charge in [0, 0.05) is 61.5 Å². The van der Waals surface area contributed by atoms with E-state index in [-0.39, 0.29) is 35.4 Å². The number of aryl methyl sites for hydroxylation is 1. The normalized spacial score (nSPS) is 19.5. The van der Waals surface area contributed by atoms with Crippen molar-refractivity contribution in [2.24, 2.45) is 18.9 Å². The van der Waals surface area contributed by atoms with Gasteiger partial charge in [0.1, 0.15) is 23.4 Å². The van der Waals surface area contributed by atoms with Crippen LogP contribution in [0.2, 0.25) is 0 Å². The summed E-state index contributed by atoms with van der Waals surface area (Å²) in [6.45, 7) is 3.76. The number of fused-ring (bicyclic) bond motifs is 1. The summed E-state index contributed by atoms with van der Waals surface area (Å²) in [7, 11) is 3.27. The third-order valence-corrected chi connectivity index (χ3v) is 10.9. The zero-order chi connectivity index (χ0) is 34.9. The van der Waals surface area contributed by atoms with Crippen molar-refractivity contribution in [1.29, 1.82) is 0 Å². The number of nitrogens with zero attached hydrogens (tertiary/aromatic N) is 3. The maximum Gasteiger partial charge on any atom is 0.258 e. The molecule has 3 fully saturated rings. The lowest BCUT2D eigenvalue weighted by Crippen LogP contribution is -2.47. The molecule has 4 heterocycles. The minimum absolute atomic E-state index is 0.0934. The molecular formula is C39H43F2N5O4. The molecule has 0 radical (unpaired) electrons.